The summed E-state index contributed by atoms with van der Waals surface area (Å²) < 4.78 is 0. The van der Waals surface area contributed by atoms with E-state index in [1.807, 2.05) is 78.9 Å². The molecule has 0 radical (unpaired) electrons. The molecule has 0 bridgehead atoms. The maximum Gasteiger partial charge on any atom is 0.336 e. The number of carboxylic acids is 1. The summed E-state index contributed by atoms with van der Waals surface area (Å²) in [6.07, 6.45) is 0. The van der Waals surface area contributed by atoms with Crippen LogP contribution < -0.4 is 4.90 Å². The molecule has 34 heavy (non-hydrogen) atoms. The summed E-state index contributed by atoms with van der Waals surface area (Å²) in [4.78, 5) is 27.4. The Morgan fingerprint density at radius 3 is 2.12 bits per heavy atom. The van der Waals surface area contributed by atoms with E-state index in [4.69, 9.17) is 11.6 Å². The molecule has 1 aliphatic rings. The Labute approximate surface area is 202 Å². The molecule has 166 valence electrons. The number of hydrogen-bond donors (Lipinski definition) is 1. The third-order valence-electron chi connectivity index (χ3n) is 5.94. The summed E-state index contributed by atoms with van der Waals surface area (Å²) in [6.45, 7) is 0.157. The number of halogens is 1. The molecule has 5 rings (SSSR count). The van der Waals surface area contributed by atoms with E-state index in [0.717, 1.165) is 28.0 Å². The number of carbonyl (C=O) groups excluding carboxylic acids is 1. The van der Waals surface area contributed by atoms with E-state index >= 15 is 0 Å². The second-order valence-corrected chi connectivity index (χ2v) is 8.43. The number of aromatic carboxylic acids is 1. The van der Waals surface area contributed by atoms with Crippen molar-refractivity contribution in [3.8, 4) is 0 Å². The van der Waals surface area contributed by atoms with Crippen LogP contribution in [0.5, 0.6) is 0 Å². The average Bonchev–Trinajstić information content (AvgIpc) is 3.13. The first kappa shape index (κ1) is 21.7. The zero-order chi connectivity index (χ0) is 23.7. The zero-order valence-electron chi connectivity index (χ0n) is 18.1. The molecule has 1 aliphatic heterocycles. The number of hydrogen-bond acceptors (Lipinski definition) is 2. The molecule has 0 aromatic heterocycles. The van der Waals surface area contributed by atoms with Crippen molar-refractivity contribution in [3.05, 3.63) is 136 Å². The SMILES string of the molecule is O=C(O)c1ccccc1CN1C(=O)/C(=C(\c2ccccc2)c2ccc(Cl)cc2)c2ccccc21. The van der Waals surface area contributed by atoms with Crippen LogP contribution >= 0.6 is 11.6 Å². The topological polar surface area (TPSA) is 57.6 Å². The maximum atomic E-state index is 14.0. The largest absolute Gasteiger partial charge is 0.478 e. The lowest BCUT2D eigenvalue weighted by atomic mass is 9.90. The molecule has 0 atom stereocenters. The fourth-order valence-corrected chi connectivity index (χ4v) is 4.52. The van der Waals surface area contributed by atoms with Gasteiger partial charge in [-0.15, -0.1) is 0 Å². The number of para-hydroxylation sites is 1. The van der Waals surface area contributed by atoms with Crippen LogP contribution in [-0.4, -0.2) is 17.0 Å². The molecule has 0 saturated heterocycles. The van der Waals surface area contributed by atoms with Crippen molar-refractivity contribution in [2.75, 3.05) is 4.90 Å². The van der Waals surface area contributed by atoms with E-state index in [1.54, 1.807) is 29.2 Å². The van der Waals surface area contributed by atoms with Gasteiger partial charge in [0.05, 0.1) is 23.4 Å². The Morgan fingerprint density at radius 1 is 0.765 bits per heavy atom. The van der Waals surface area contributed by atoms with Crippen LogP contribution in [0.25, 0.3) is 11.1 Å². The van der Waals surface area contributed by atoms with Crippen LogP contribution in [0, 0.1) is 0 Å². The predicted octanol–water partition coefficient (Wildman–Crippen LogP) is 6.54. The highest BCUT2D eigenvalue weighted by Gasteiger charge is 2.35. The molecule has 1 amide bonds. The Bertz CT molecular complexity index is 1430. The predicted molar refractivity (Wildman–Crippen MR) is 135 cm³/mol. The fourth-order valence-electron chi connectivity index (χ4n) is 4.39. The second kappa shape index (κ2) is 9.00. The quantitative estimate of drug-likeness (QED) is 0.340. The van der Waals surface area contributed by atoms with E-state index < -0.39 is 5.97 Å². The van der Waals surface area contributed by atoms with Crippen molar-refractivity contribution < 1.29 is 14.7 Å². The molecule has 5 heteroatoms. The number of nitrogens with zero attached hydrogens (tertiary/aromatic N) is 1. The van der Waals surface area contributed by atoms with Gasteiger partial charge < -0.3 is 10.0 Å². The summed E-state index contributed by atoms with van der Waals surface area (Å²) in [6, 6.07) is 31.6. The molecule has 0 spiro atoms. The van der Waals surface area contributed by atoms with Gasteiger partial charge in [-0.2, -0.15) is 0 Å². The summed E-state index contributed by atoms with van der Waals surface area (Å²) in [5, 5.41) is 10.3. The van der Waals surface area contributed by atoms with E-state index in [0.29, 0.717) is 16.2 Å². The van der Waals surface area contributed by atoms with Gasteiger partial charge in [-0.1, -0.05) is 90.5 Å². The van der Waals surface area contributed by atoms with Crippen LogP contribution in [0.4, 0.5) is 5.69 Å². The van der Waals surface area contributed by atoms with Gasteiger partial charge in [0.15, 0.2) is 0 Å². The summed E-state index contributed by atoms with van der Waals surface area (Å²) in [5.41, 5.74) is 5.51. The monoisotopic (exact) mass is 465 g/mol. The number of fused-ring (bicyclic) bond motifs is 1. The van der Waals surface area contributed by atoms with E-state index in [1.165, 1.54) is 0 Å². The van der Waals surface area contributed by atoms with Gasteiger partial charge in [-0.05, 0) is 41.0 Å². The van der Waals surface area contributed by atoms with Crippen molar-refractivity contribution in [1.29, 1.82) is 0 Å². The van der Waals surface area contributed by atoms with Gasteiger partial charge in [0.25, 0.3) is 5.91 Å². The summed E-state index contributed by atoms with van der Waals surface area (Å²) in [7, 11) is 0. The third kappa shape index (κ3) is 3.89. The highest BCUT2D eigenvalue weighted by atomic mass is 35.5. The lowest BCUT2D eigenvalue weighted by Gasteiger charge is -2.19. The van der Waals surface area contributed by atoms with E-state index in [9.17, 15) is 14.7 Å². The Hall–Kier alpha value is -4.15. The molecule has 0 unspecified atom stereocenters. The molecule has 0 fully saturated rings. The molecule has 4 nitrogen and oxygen atoms in total. The molecule has 0 saturated carbocycles. The summed E-state index contributed by atoms with van der Waals surface area (Å²) >= 11 is 6.15. The lowest BCUT2D eigenvalue weighted by molar-refractivity contribution is -0.113. The number of rotatable bonds is 5. The molecule has 4 aromatic carbocycles. The number of carboxylic acid groups (broad SMARTS) is 1. The van der Waals surface area contributed by atoms with Crippen molar-refractivity contribution in [2.24, 2.45) is 0 Å². The van der Waals surface area contributed by atoms with Crippen molar-refractivity contribution >= 4 is 40.3 Å². The standard InChI is InChI=1S/C29H20ClNO3/c30-22-16-14-20(15-17-22)26(19-8-2-1-3-9-19)27-24-12-6-7-13-25(24)31(28(27)32)18-21-10-4-5-11-23(21)29(33)34/h1-17H,18H2,(H,33,34)/b27-26+. The Kier molecular flexibility index (Phi) is 5.74. The first-order chi connectivity index (χ1) is 16.5. The molecule has 1 N–H and O–H groups in total. The van der Waals surface area contributed by atoms with Crippen LogP contribution in [0.15, 0.2) is 103 Å². The fraction of sp³-hybridized carbons (Fsp3) is 0.0345. The van der Waals surface area contributed by atoms with Gasteiger partial charge in [0.1, 0.15) is 0 Å². The average molecular weight is 466 g/mol. The van der Waals surface area contributed by atoms with E-state index in [-0.39, 0.29) is 18.0 Å². The normalized spacial score (nSPS) is 14.1. The molecular weight excluding hydrogens is 446 g/mol. The van der Waals surface area contributed by atoms with Gasteiger partial charge in [0, 0.05) is 16.2 Å². The number of anilines is 1. The molecule has 4 aromatic rings. The van der Waals surface area contributed by atoms with Gasteiger partial charge >= 0.3 is 5.97 Å². The zero-order valence-corrected chi connectivity index (χ0v) is 18.9. The van der Waals surface area contributed by atoms with Crippen LogP contribution in [0.2, 0.25) is 5.02 Å². The van der Waals surface area contributed by atoms with Crippen LogP contribution in [-0.2, 0) is 11.3 Å². The third-order valence-corrected chi connectivity index (χ3v) is 6.20. The molecular formula is C29H20ClNO3. The number of amides is 1. The molecule has 0 aliphatic carbocycles. The number of benzene rings is 4. The first-order valence-electron chi connectivity index (χ1n) is 10.8. The molecule has 1 heterocycles. The first-order valence-corrected chi connectivity index (χ1v) is 11.2. The van der Waals surface area contributed by atoms with Gasteiger partial charge in [-0.3, -0.25) is 4.79 Å². The lowest BCUT2D eigenvalue weighted by Crippen LogP contribution is -2.27. The minimum absolute atomic E-state index is 0.157. The smallest absolute Gasteiger partial charge is 0.336 e. The van der Waals surface area contributed by atoms with Gasteiger partial charge in [-0.25, -0.2) is 4.79 Å². The summed E-state index contributed by atoms with van der Waals surface area (Å²) in [5.74, 6) is -1.19. The van der Waals surface area contributed by atoms with Crippen molar-refractivity contribution in [1.82, 2.24) is 0 Å². The highest BCUT2D eigenvalue weighted by molar-refractivity contribution is 6.39. The minimum Gasteiger partial charge on any atom is -0.478 e. The number of carbonyl (C=O) groups is 2. The minimum atomic E-state index is -1.02. The van der Waals surface area contributed by atoms with E-state index in [2.05, 4.69) is 0 Å². The Balaban J connectivity index is 1.72. The van der Waals surface area contributed by atoms with Crippen LogP contribution in [0.3, 0.4) is 0 Å². The second-order valence-electron chi connectivity index (χ2n) is 7.99. The van der Waals surface area contributed by atoms with Gasteiger partial charge in [0.2, 0.25) is 0 Å². The highest BCUT2D eigenvalue weighted by Crippen LogP contribution is 2.43. The van der Waals surface area contributed by atoms with Crippen LogP contribution in [0.1, 0.15) is 32.6 Å². The van der Waals surface area contributed by atoms with Crippen molar-refractivity contribution in [2.45, 2.75) is 6.54 Å². The maximum absolute atomic E-state index is 14.0. The van der Waals surface area contributed by atoms with Crippen molar-refractivity contribution in [3.63, 3.8) is 0 Å². The Morgan fingerprint density at radius 2 is 1.38 bits per heavy atom.